The van der Waals surface area contributed by atoms with Gasteiger partial charge in [0, 0.05) is 5.92 Å². The van der Waals surface area contributed by atoms with E-state index in [0.29, 0.717) is 0 Å². The lowest BCUT2D eigenvalue weighted by atomic mass is 10.2. The molecule has 0 radical (unpaired) electrons. The first kappa shape index (κ1) is 11.0. The number of carboxylic acid groups (broad SMARTS) is 1. The Balaban J connectivity index is 3.25. The molecule has 0 unspecified atom stereocenters. The summed E-state index contributed by atoms with van der Waals surface area (Å²) in [5.41, 5.74) is 4.57. The highest BCUT2D eigenvalue weighted by Gasteiger charge is 2.10. The summed E-state index contributed by atoms with van der Waals surface area (Å²) in [5, 5.41) is 8.79. The van der Waals surface area contributed by atoms with Crippen LogP contribution in [0.4, 0.5) is 0 Å². The summed E-state index contributed by atoms with van der Waals surface area (Å²) in [6.45, 7) is 0. The molecule has 0 atom stereocenters. The van der Waals surface area contributed by atoms with Crippen molar-refractivity contribution in [1.29, 1.82) is 0 Å². The molecule has 0 fully saturated rings. The van der Waals surface area contributed by atoms with Crippen molar-refractivity contribution >= 4 is 23.5 Å². The van der Waals surface area contributed by atoms with Crippen LogP contribution in [0.1, 0.15) is 16.1 Å². The van der Waals surface area contributed by atoms with Gasteiger partial charge in [-0.3, -0.25) is 4.79 Å². The number of carbonyl (C=O) groups excluding carboxylic acids is 1. The van der Waals surface area contributed by atoms with Crippen LogP contribution in [0.25, 0.3) is 0 Å². The Morgan fingerprint density at radius 1 is 1.47 bits per heavy atom. The molecule has 0 saturated heterocycles. The molecule has 0 aromatic carbocycles. The predicted octanol–water partition coefficient (Wildman–Crippen LogP) is 0.270. The molecule has 0 aliphatic carbocycles. The zero-order valence-electron chi connectivity index (χ0n) is 7.32. The fourth-order valence-corrected chi connectivity index (χ4v) is 0.976. The van der Waals surface area contributed by atoms with Crippen molar-refractivity contribution in [1.82, 2.24) is 4.98 Å². The maximum Gasteiger partial charge on any atom is 0.355 e. The number of pyridine rings is 1. The Labute approximate surface area is 89.9 Å². The minimum Gasteiger partial charge on any atom is -0.476 e. The quantitative estimate of drug-likeness (QED) is 0.529. The van der Waals surface area contributed by atoms with Crippen molar-refractivity contribution < 1.29 is 14.7 Å². The number of nitrogens with two attached hydrogens (primary N) is 1. The van der Waals surface area contributed by atoms with Crippen LogP contribution in [0.3, 0.4) is 0 Å². The number of nitrogens with zero attached hydrogens (tertiary/aromatic N) is 1. The largest absolute Gasteiger partial charge is 0.476 e. The standard InChI is InChI=1S/C9H5ClN2O3/c10-6-3-1-5(2-4-7(11)13)8(12-6)9(14)15/h1,3H,(H2,11,13)(H,14,15). The van der Waals surface area contributed by atoms with Crippen molar-refractivity contribution in [2.24, 2.45) is 5.73 Å². The Hall–Kier alpha value is -2.06. The second kappa shape index (κ2) is 4.44. The van der Waals surface area contributed by atoms with E-state index in [-0.39, 0.29) is 16.4 Å². The van der Waals surface area contributed by atoms with Crippen molar-refractivity contribution in [3.63, 3.8) is 0 Å². The number of amides is 1. The monoisotopic (exact) mass is 224 g/mol. The van der Waals surface area contributed by atoms with Crippen molar-refractivity contribution in [2.75, 3.05) is 0 Å². The highest BCUT2D eigenvalue weighted by atomic mass is 35.5. The Kier molecular flexibility index (Phi) is 3.26. The van der Waals surface area contributed by atoms with Gasteiger partial charge in [-0.2, -0.15) is 0 Å². The normalized spacial score (nSPS) is 8.87. The van der Waals surface area contributed by atoms with Crippen LogP contribution in [0.5, 0.6) is 0 Å². The first-order valence-corrected chi connectivity index (χ1v) is 4.10. The van der Waals surface area contributed by atoms with Crippen LogP contribution in [0, 0.1) is 11.8 Å². The lowest BCUT2D eigenvalue weighted by Gasteiger charge is -1.97. The molecule has 0 aliphatic heterocycles. The van der Waals surface area contributed by atoms with E-state index in [4.69, 9.17) is 22.4 Å². The SMILES string of the molecule is NC(=O)C#Cc1ccc(Cl)nc1C(=O)O. The van der Waals surface area contributed by atoms with E-state index in [9.17, 15) is 9.59 Å². The van der Waals surface area contributed by atoms with Gasteiger partial charge in [0.15, 0.2) is 5.69 Å². The van der Waals surface area contributed by atoms with Crippen molar-refractivity contribution in [3.05, 3.63) is 28.5 Å². The number of aromatic carboxylic acids is 1. The summed E-state index contributed by atoms with van der Waals surface area (Å²) >= 11 is 5.51. The van der Waals surface area contributed by atoms with E-state index in [1.807, 2.05) is 5.92 Å². The smallest absolute Gasteiger partial charge is 0.355 e. The van der Waals surface area contributed by atoms with Gasteiger partial charge in [0.2, 0.25) is 0 Å². The van der Waals surface area contributed by atoms with E-state index in [1.54, 1.807) is 0 Å². The van der Waals surface area contributed by atoms with E-state index in [0.717, 1.165) is 0 Å². The molecule has 0 spiro atoms. The van der Waals surface area contributed by atoms with Gasteiger partial charge in [-0.05, 0) is 12.1 Å². The third kappa shape index (κ3) is 2.97. The summed E-state index contributed by atoms with van der Waals surface area (Å²) in [5.74, 6) is 2.20. The van der Waals surface area contributed by atoms with Gasteiger partial charge in [-0.1, -0.05) is 17.5 Å². The van der Waals surface area contributed by atoms with Crippen molar-refractivity contribution in [3.8, 4) is 11.8 Å². The number of aromatic nitrogens is 1. The number of hydrogen-bond acceptors (Lipinski definition) is 3. The van der Waals surface area contributed by atoms with Crippen LogP contribution >= 0.6 is 11.6 Å². The maximum atomic E-state index is 10.7. The summed E-state index contributed by atoms with van der Waals surface area (Å²) in [7, 11) is 0. The molecule has 5 nitrogen and oxygen atoms in total. The predicted molar refractivity (Wildman–Crippen MR) is 52.3 cm³/mol. The zero-order chi connectivity index (χ0) is 11.4. The molecule has 1 aromatic heterocycles. The summed E-state index contributed by atoms with van der Waals surface area (Å²) in [6, 6.07) is 2.73. The molecular weight excluding hydrogens is 220 g/mol. The lowest BCUT2D eigenvalue weighted by molar-refractivity contribution is -0.112. The van der Waals surface area contributed by atoms with Gasteiger partial charge in [-0.15, -0.1) is 0 Å². The third-order valence-corrected chi connectivity index (χ3v) is 1.59. The van der Waals surface area contributed by atoms with Gasteiger partial charge in [0.25, 0.3) is 5.91 Å². The molecule has 15 heavy (non-hydrogen) atoms. The summed E-state index contributed by atoms with van der Waals surface area (Å²) in [6.07, 6.45) is 0. The molecule has 0 bridgehead atoms. The minimum atomic E-state index is -1.27. The molecule has 1 heterocycles. The number of hydrogen-bond donors (Lipinski definition) is 2. The number of carbonyl (C=O) groups is 2. The minimum absolute atomic E-state index is 0.0389. The molecular formula is C9H5ClN2O3. The Morgan fingerprint density at radius 3 is 2.67 bits per heavy atom. The highest BCUT2D eigenvalue weighted by Crippen LogP contribution is 2.10. The number of rotatable bonds is 1. The fraction of sp³-hybridized carbons (Fsp3) is 0. The molecule has 1 rings (SSSR count). The fourth-order valence-electron chi connectivity index (χ4n) is 0.828. The Bertz CT molecular complexity index is 488. The lowest BCUT2D eigenvalue weighted by Crippen LogP contribution is -2.07. The summed E-state index contributed by atoms with van der Waals surface area (Å²) in [4.78, 5) is 24.7. The number of carboxylic acids is 1. The molecule has 76 valence electrons. The molecule has 1 amide bonds. The zero-order valence-corrected chi connectivity index (χ0v) is 8.08. The van der Waals surface area contributed by atoms with Crippen LogP contribution in [-0.4, -0.2) is 22.0 Å². The Morgan fingerprint density at radius 2 is 2.13 bits per heavy atom. The molecule has 3 N–H and O–H groups in total. The topological polar surface area (TPSA) is 93.3 Å². The van der Waals surface area contributed by atoms with E-state index < -0.39 is 11.9 Å². The first-order chi connectivity index (χ1) is 7.00. The average molecular weight is 225 g/mol. The van der Waals surface area contributed by atoms with Gasteiger partial charge in [-0.25, -0.2) is 9.78 Å². The second-order valence-corrected chi connectivity index (χ2v) is 2.84. The molecule has 0 saturated carbocycles. The molecule has 1 aromatic rings. The van der Waals surface area contributed by atoms with E-state index >= 15 is 0 Å². The number of primary amides is 1. The molecule has 0 aliphatic rings. The first-order valence-electron chi connectivity index (χ1n) is 3.72. The van der Waals surface area contributed by atoms with Gasteiger partial charge < -0.3 is 10.8 Å². The number of halogens is 1. The van der Waals surface area contributed by atoms with Gasteiger partial charge >= 0.3 is 5.97 Å². The van der Waals surface area contributed by atoms with Crippen LogP contribution in [-0.2, 0) is 4.79 Å². The van der Waals surface area contributed by atoms with E-state index in [2.05, 4.69) is 10.9 Å². The highest BCUT2D eigenvalue weighted by molar-refractivity contribution is 6.29. The summed E-state index contributed by atoms with van der Waals surface area (Å²) < 4.78 is 0. The van der Waals surface area contributed by atoms with E-state index in [1.165, 1.54) is 12.1 Å². The van der Waals surface area contributed by atoms with Crippen molar-refractivity contribution in [2.45, 2.75) is 0 Å². The van der Waals surface area contributed by atoms with Crippen LogP contribution < -0.4 is 5.73 Å². The van der Waals surface area contributed by atoms with Crippen LogP contribution in [0.15, 0.2) is 12.1 Å². The molecule has 6 heteroatoms. The van der Waals surface area contributed by atoms with Crippen LogP contribution in [0.2, 0.25) is 5.15 Å². The van der Waals surface area contributed by atoms with Gasteiger partial charge in [0.1, 0.15) is 5.15 Å². The second-order valence-electron chi connectivity index (χ2n) is 2.45. The van der Waals surface area contributed by atoms with Gasteiger partial charge in [0.05, 0.1) is 5.56 Å². The average Bonchev–Trinajstić information content (AvgIpc) is 2.15. The maximum absolute atomic E-state index is 10.7. The third-order valence-electron chi connectivity index (χ3n) is 1.38.